The first kappa shape index (κ1) is 14.1. The van der Waals surface area contributed by atoms with Crippen molar-refractivity contribution in [3.8, 4) is 5.75 Å². The highest BCUT2D eigenvalue weighted by Crippen LogP contribution is 2.18. The second kappa shape index (κ2) is 6.70. The Morgan fingerprint density at radius 3 is 2.80 bits per heavy atom. The van der Waals surface area contributed by atoms with E-state index in [9.17, 15) is 4.79 Å². The molecule has 1 N–H and O–H groups in total. The minimum Gasteiger partial charge on any atom is -0.496 e. The molecule has 1 amide bonds. The van der Waals surface area contributed by atoms with Gasteiger partial charge in [-0.1, -0.05) is 18.2 Å². The first-order chi connectivity index (χ1) is 9.69. The zero-order valence-electron chi connectivity index (χ0n) is 11.7. The summed E-state index contributed by atoms with van der Waals surface area (Å²) in [6, 6.07) is 11.4. The fourth-order valence-corrected chi connectivity index (χ4v) is 1.99. The van der Waals surface area contributed by atoms with Crippen molar-refractivity contribution in [1.82, 2.24) is 10.3 Å². The van der Waals surface area contributed by atoms with E-state index in [0.717, 1.165) is 22.6 Å². The van der Waals surface area contributed by atoms with Crippen LogP contribution in [-0.4, -0.2) is 18.0 Å². The molecule has 1 heterocycles. The monoisotopic (exact) mass is 270 g/mol. The summed E-state index contributed by atoms with van der Waals surface area (Å²) in [4.78, 5) is 16.0. The van der Waals surface area contributed by atoms with Crippen LogP contribution in [0.5, 0.6) is 5.75 Å². The molecule has 104 valence electrons. The molecule has 0 aliphatic carbocycles. The number of ether oxygens (including phenoxy) is 1. The predicted octanol–water partition coefficient (Wildman–Crippen LogP) is 2.26. The number of pyridine rings is 1. The number of nitrogens with zero attached hydrogens (tertiary/aromatic N) is 1. The van der Waals surface area contributed by atoms with Crippen LogP contribution in [0.4, 0.5) is 0 Å². The molecule has 0 unspecified atom stereocenters. The number of benzene rings is 1. The van der Waals surface area contributed by atoms with E-state index >= 15 is 0 Å². The first-order valence-corrected chi connectivity index (χ1v) is 6.49. The maximum absolute atomic E-state index is 11.9. The van der Waals surface area contributed by atoms with Crippen molar-refractivity contribution in [2.75, 3.05) is 7.11 Å². The number of amides is 1. The molecular weight excluding hydrogens is 252 g/mol. The van der Waals surface area contributed by atoms with Crippen LogP contribution in [0.15, 0.2) is 42.6 Å². The topological polar surface area (TPSA) is 51.2 Å². The quantitative estimate of drug-likeness (QED) is 0.906. The smallest absolute Gasteiger partial charge is 0.224 e. The third kappa shape index (κ3) is 3.82. The van der Waals surface area contributed by atoms with Gasteiger partial charge in [-0.2, -0.15) is 0 Å². The lowest BCUT2D eigenvalue weighted by molar-refractivity contribution is -0.120. The molecule has 1 aromatic carbocycles. The molecule has 0 spiro atoms. The van der Waals surface area contributed by atoms with Crippen LogP contribution in [0.2, 0.25) is 0 Å². The van der Waals surface area contributed by atoms with Gasteiger partial charge < -0.3 is 10.1 Å². The molecule has 1 aromatic heterocycles. The summed E-state index contributed by atoms with van der Waals surface area (Å²) < 4.78 is 5.20. The normalized spacial score (nSPS) is 10.1. The lowest BCUT2D eigenvalue weighted by atomic mass is 10.1. The van der Waals surface area contributed by atoms with E-state index in [-0.39, 0.29) is 5.91 Å². The highest BCUT2D eigenvalue weighted by atomic mass is 16.5. The van der Waals surface area contributed by atoms with E-state index in [0.29, 0.717) is 13.0 Å². The molecule has 0 saturated heterocycles. The van der Waals surface area contributed by atoms with Gasteiger partial charge in [-0.05, 0) is 36.2 Å². The van der Waals surface area contributed by atoms with Crippen molar-refractivity contribution in [3.05, 3.63) is 59.4 Å². The van der Waals surface area contributed by atoms with Crippen molar-refractivity contribution in [3.63, 3.8) is 0 Å². The number of hydrogen-bond donors (Lipinski definition) is 1. The van der Waals surface area contributed by atoms with Crippen LogP contribution in [0, 0.1) is 6.92 Å². The van der Waals surface area contributed by atoms with Crippen LogP contribution >= 0.6 is 0 Å². The van der Waals surface area contributed by atoms with E-state index in [4.69, 9.17) is 4.74 Å². The van der Waals surface area contributed by atoms with Crippen molar-refractivity contribution >= 4 is 5.91 Å². The molecule has 20 heavy (non-hydrogen) atoms. The predicted molar refractivity (Wildman–Crippen MR) is 77.5 cm³/mol. The Morgan fingerprint density at radius 2 is 2.15 bits per heavy atom. The lowest BCUT2D eigenvalue weighted by Gasteiger charge is -2.08. The lowest BCUT2D eigenvalue weighted by Crippen LogP contribution is -2.24. The Morgan fingerprint density at radius 1 is 1.30 bits per heavy atom. The zero-order chi connectivity index (χ0) is 14.4. The minimum absolute atomic E-state index is 0.0137. The van der Waals surface area contributed by atoms with Gasteiger partial charge in [-0.25, -0.2) is 0 Å². The van der Waals surface area contributed by atoms with Crippen LogP contribution in [-0.2, 0) is 17.8 Å². The van der Waals surface area contributed by atoms with Crippen molar-refractivity contribution in [1.29, 1.82) is 0 Å². The number of rotatable bonds is 5. The second-order valence-corrected chi connectivity index (χ2v) is 4.58. The summed E-state index contributed by atoms with van der Waals surface area (Å²) in [7, 11) is 1.64. The van der Waals surface area contributed by atoms with E-state index in [1.54, 1.807) is 13.3 Å². The van der Waals surface area contributed by atoms with Gasteiger partial charge in [-0.15, -0.1) is 0 Å². The average molecular weight is 270 g/mol. The molecule has 0 atom stereocenters. The molecule has 2 aromatic rings. The summed E-state index contributed by atoms with van der Waals surface area (Å²) >= 11 is 0. The molecule has 0 aliphatic heterocycles. The highest BCUT2D eigenvalue weighted by Gasteiger charge is 2.06. The third-order valence-electron chi connectivity index (χ3n) is 3.02. The van der Waals surface area contributed by atoms with Crippen molar-refractivity contribution < 1.29 is 9.53 Å². The number of aromatic nitrogens is 1. The van der Waals surface area contributed by atoms with Gasteiger partial charge in [0, 0.05) is 6.20 Å². The van der Waals surface area contributed by atoms with E-state index < -0.39 is 0 Å². The Bertz CT molecular complexity index is 582. The maximum Gasteiger partial charge on any atom is 0.224 e. The van der Waals surface area contributed by atoms with Crippen LogP contribution < -0.4 is 10.1 Å². The molecule has 0 saturated carbocycles. The van der Waals surface area contributed by atoms with Gasteiger partial charge in [0.1, 0.15) is 5.75 Å². The molecular formula is C16H18N2O2. The number of carbonyl (C=O) groups is 1. The summed E-state index contributed by atoms with van der Waals surface area (Å²) in [5, 5.41) is 2.86. The summed E-state index contributed by atoms with van der Waals surface area (Å²) in [5.74, 6) is 0.822. The fraction of sp³-hybridized carbons (Fsp3) is 0.250. The Balaban J connectivity index is 1.90. The van der Waals surface area contributed by atoms with E-state index in [1.165, 1.54) is 0 Å². The summed E-state index contributed by atoms with van der Waals surface area (Å²) in [5.41, 5.74) is 2.86. The molecule has 4 nitrogen and oxygen atoms in total. The number of methoxy groups -OCH3 is 1. The van der Waals surface area contributed by atoms with Crippen LogP contribution in [0.25, 0.3) is 0 Å². The summed E-state index contributed by atoms with van der Waals surface area (Å²) in [6.45, 7) is 2.42. The molecule has 4 heteroatoms. The molecule has 0 radical (unpaired) electrons. The van der Waals surface area contributed by atoms with Gasteiger partial charge in [0.2, 0.25) is 5.91 Å². The highest BCUT2D eigenvalue weighted by molar-refractivity contribution is 5.78. The molecule has 0 fully saturated rings. The van der Waals surface area contributed by atoms with Crippen LogP contribution in [0.3, 0.4) is 0 Å². The fourth-order valence-electron chi connectivity index (χ4n) is 1.99. The van der Waals surface area contributed by atoms with Crippen LogP contribution in [0.1, 0.15) is 16.8 Å². The largest absolute Gasteiger partial charge is 0.496 e. The molecule has 2 rings (SSSR count). The Hall–Kier alpha value is -2.36. The average Bonchev–Trinajstić information content (AvgIpc) is 2.46. The Kier molecular flexibility index (Phi) is 4.71. The van der Waals surface area contributed by atoms with Crippen molar-refractivity contribution in [2.45, 2.75) is 19.9 Å². The van der Waals surface area contributed by atoms with Gasteiger partial charge in [0.15, 0.2) is 0 Å². The minimum atomic E-state index is -0.0137. The van der Waals surface area contributed by atoms with Gasteiger partial charge in [0.25, 0.3) is 0 Å². The van der Waals surface area contributed by atoms with Gasteiger partial charge in [-0.3, -0.25) is 9.78 Å². The summed E-state index contributed by atoms with van der Waals surface area (Å²) in [6.07, 6.45) is 2.08. The van der Waals surface area contributed by atoms with E-state index in [1.807, 2.05) is 43.3 Å². The third-order valence-corrected chi connectivity index (χ3v) is 3.02. The number of aryl methyl sites for hydroxylation is 1. The molecule has 0 bridgehead atoms. The van der Waals surface area contributed by atoms with Gasteiger partial charge in [0.05, 0.1) is 25.8 Å². The molecule has 0 aliphatic rings. The zero-order valence-corrected chi connectivity index (χ0v) is 11.7. The first-order valence-electron chi connectivity index (χ1n) is 6.49. The number of hydrogen-bond acceptors (Lipinski definition) is 3. The Labute approximate surface area is 118 Å². The standard InChI is InChI=1S/C16H18N2O2/c1-12-9-13(6-7-15(12)20-2)10-16(19)18-11-14-5-3-4-8-17-14/h3-9H,10-11H2,1-2H3,(H,18,19). The maximum atomic E-state index is 11.9. The second-order valence-electron chi connectivity index (χ2n) is 4.58. The SMILES string of the molecule is COc1ccc(CC(=O)NCc2ccccn2)cc1C. The number of nitrogens with one attached hydrogen (secondary N) is 1. The van der Waals surface area contributed by atoms with E-state index in [2.05, 4.69) is 10.3 Å². The number of carbonyl (C=O) groups excluding carboxylic acids is 1. The van der Waals surface area contributed by atoms with Gasteiger partial charge >= 0.3 is 0 Å². The van der Waals surface area contributed by atoms with Crippen molar-refractivity contribution in [2.24, 2.45) is 0 Å².